The minimum Gasteiger partial charge on any atom is -0.731 e. The van der Waals surface area contributed by atoms with Gasteiger partial charge in [0.05, 0.1) is 28.4 Å². The average molecular weight is 1210 g/mol. The molecule has 4 amide bonds. The lowest BCUT2D eigenvalue weighted by molar-refractivity contribution is -0.384. The van der Waals surface area contributed by atoms with Crippen LogP contribution >= 0.6 is 22.7 Å². The van der Waals surface area contributed by atoms with Crippen LogP contribution in [0.3, 0.4) is 0 Å². The molecule has 23 heteroatoms. The lowest BCUT2D eigenvalue weighted by Crippen LogP contribution is -2.50. The zero-order valence-electron chi connectivity index (χ0n) is 48.0. The van der Waals surface area contributed by atoms with Crippen LogP contribution in [0.15, 0.2) is 181 Å². The van der Waals surface area contributed by atoms with Crippen molar-refractivity contribution in [3.8, 4) is 21.8 Å². The molecule has 2 aromatic heterocycles. The number of carbonyl (C=O) groups is 4. The summed E-state index contributed by atoms with van der Waals surface area (Å²) >= 11 is 2.86. The van der Waals surface area contributed by atoms with E-state index in [-0.39, 0.29) is 30.4 Å². The third kappa shape index (κ3) is 21.7. The molecule has 0 bridgehead atoms. The first-order valence-corrected chi connectivity index (χ1v) is 29.8. The Kier molecular flexibility index (Phi) is 23.1. The summed E-state index contributed by atoms with van der Waals surface area (Å²) in [6.07, 6.45) is -0.273. The number of alkyl carbamates (subject to hydrolysis) is 2. The van der Waals surface area contributed by atoms with E-state index in [9.17, 15) is 42.3 Å². The molecule has 8 aromatic rings. The quantitative estimate of drug-likeness (QED) is 0.0222. The second-order valence-corrected chi connectivity index (χ2v) is 24.2. The molecule has 446 valence electrons. The number of nitro benzene ring substituents is 1. The summed E-state index contributed by atoms with van der Waals surface area (Å²) in [6, 6.07) is 47.6. The van der Waals surface area contributed by atoms with Crippen LogP contribution in [0.4, 0.5) is 21.0 Å². The summed E-state index contributed by atoms with van der Waals surface area (Å²) < 4.78 is 46.0. The molecule has 0 radical (unpaired) electrons. The molecule has 0 aliphatic rings. The van der Waals surface area contributed by atoms with Gasteiger partial charge < -0.3 is 41.4 Å². The highest BCUT2D eigenvalue weighted by Gasteiger charge is 2.30. The van der Waals surface area contributed by atoms with Crippen molar-refractivity contribution in [2.24, 2.45) is 0 Å². The van der Waals surface area contributed by atoms with Crippen molar-refractivity contribution in [2.45, 2.75) is 103 Å². The van der Waals surface area contributed by atoms with Gasteiger partial charge in [-0.25, -0.2) is 28.0 Å². The van der Waals surface area contributed by atoms with Crippen molar-refractivity contribution < 1.29 is 46.5 Å². The number of aromatic nitrogens is 2. The van der Waals surface area contributed by atoms with Gasteiger partial charge in [0, 0.05) is 52.5 Å². The maximum absolute atomic E-state index is 13.8. The van der Waals surface area contributed by atoms with Gasteiger partial charge in [-0.15, -0.1) is 22.7 Å². The number of rotatable bonds is 21. The van der Waals surface area contributed by atoms with Crippen molar-refractivity contribution in [1.82, 2.24) is 37.4 Å². The van der Waals surface area contributed by atoms with Gasteiger partial charge in [0.1, 0.15) is 33.3 Å². The number of anilines is 1. The molecule has 20 nitrogen and oxygen atoms in total. The number of thiazole rings is 2. The van der Waals surface area contributed by atoms with E-state index < -0.39 is 74.6 Å². The van der Waals surface area contributed by atoms with Gasteiger partial charge >= 0.3 is 12.2 Å². The van der Waals surface area contributed by atoms with Crippen molar-refractivity contribution >= 4 is 68.4 Å². The highest BCUT2D eigenvalue weighted by atomic mass is 32.2. The second-order valence-electron chi connectivity index (χ2n) is 21.4. The molecule has 2 heterocycles. The number of nitrogens with one attached hydrogen (secondary N) is 5. The van der Waals surface area contributed by atoms with Gasteiger partial charge in [-0.05, 0) is 88.8 Å². The number of quaternary nitrogens is 1. The second kappa shape index (κ2) is 30.1. The average Bonchev–Trinajstić information content (AvgIpc) is 4.25. The maximum atomic E-state index is 13.8. The normalized spacial score (nSPS) is 12.7. The smallest absolute Gasteiger partial charge is 0.408 e. The van der Waals surface area contributed by atoms with Gasteiger partial charge in [0.2, 0.25) is 11.8 Å². The molecule has 0 saturated heterocycles. The van der Waals surface area contributed by atoms with Crippen LogP contribution in [0.2, 0.25) is 0 Å². The molecule has 6 aromatic carbocycles. The molecular weight excluding hydrogens is 1140 g/mol. The fourth-order valence-electron chi connectivity index (χ4n) is 8.42. The lowest BCUT2D eigenvalue weighted by atomic mass is 10.0. The van der Waals surface area contributed by atoms with E-state index >= 15 is 0 Å². The molecule has 0 fully saturated rings. The Morgan fingerprint density at radius 1 is 0.541 bits per heavy atom. The Labute approximate surface area is 502 Å². The number of nitro groups is 1. The Morgan fingerprint density at radius 3 is 1.42 bits per heavy atom. The van der Waals surface area contributed by atoms with Crippen LogP contribution in [0.5, 0.6) is 0 Å². The molecule has 9 N–H and O–H groups in total. The fourth-order valence-corrected chi connectivity index (χ4v) is 10.6. The van der Waals surface area contributed by atoms with Crippen molar-refractivity contribution in [3.05, 3.63) is 224 Å². The number of hydrogen-bond acceptors (Lipinski definition) is 15. The van der Waals surface area contributed by atoms with E-state index in [4.69, 9.17) is 19.4 Å². The molecular formula is C62H69N9O11S3. The van der Waals surface area contributed by atoms with Gasteiger partial charge in [0.15, 0.2) is 10.3 Å². The summed E-state index contributed by atoms with van der Waals surface area (Å²) in [6.45, 7) is 10.5. The number of ether oxygens (including phenoxy) is 2. The zero-order chi connectivity index (χ0) is 60.4. The molecule has 0 unspecified atom stereocenters. The molecule has 0 aliphatic heterocycles. The largest absolute Gasteiger partial charge is 0.731 e. The highest BCUT2D eigenvalue weighted by Crippen LogP contribution is 2.30. The van der Waals surface area contributed by atoms with Crippen molar-refractivity contribution in [3.63, 3.8) is 0 Å². The fraction of sp³-hybridized carbons (Fsp3) is 0.258. The molecule has 0 aliphatic carbocycles. The predicted molar refractivity (Wildman–Crippen MR) is 330 cm³/mol. The standard InChI is InChI=1S/C31H34N4O6S2.C31H32N4O5S.H3N/c1-31(2,3)41-30(37)34-26(19-21-10-6-4-7-11-21)28(36)32-25(18-22-14-16-24(17-15-22)35-43(38,39)40)27-20-42-29(33-27)23-12-8-5-9-13-23;1-31(2,3)40-30(37)34-25(18-21-10-6-4-7-11-21)28(36)32-26(19-22-14-16-24(17-15-22)35(38)39)29-33-27(20-41-29)23-12-8-5-9-13-23;/h4-17,20,25-26,35H,18-19H2,1-3H3,(H,32,36)(H,34,37)(H,38,39,40);4-17,20,25-26H,18-19H2,1-3H3,(H,32,36)(H,34,37);1H3/t2*25-,26-;/m00./s1. The monoisotopic (exact) mass is 1210 g/mol. The number of amides is 4. The van der Waals surface area contributed by atoms with Crippen LogP contribution < -0.4 is 32.1 Å². The number of non-ortho nitro benzene ring substituents is 1. The lowest BCUT2D eigenvalue weighted by Gasteiger charge is -2.25. The third-order valence-electron chi connectivity index (χ3n) is 12.2. The Hall–Kier alpha value is -8.87. The summed E-state index contributed by atoms with van der Waals surface area (Å²) in [4.78, 5) is 73.2. The SMILES string of the molecule is CC(C)(C)OC(=O)N[C@@H](Cc1ccccc1)C(=O)N[C@@H](Cc1ccc(NS(=O)(=O)[O-])cc1)c1csc(-c2ccccc2)n1.CC(C)(C)OC(=O)N[C@@H](Cc1ccccc1)C(=O)N[C@@H](Cc1ccc([N+](=O)[O-])cc1)c1nc(-c2ccccc2)cs1.[NH4+]. The minimum absolute atomic E-state index is 0. The van der Waals surface area contributed by atoms with Crippen LogP contribution in [0.25, 0.3) is 21.8 Å². The first-order chi connectivity index (χ1) is 39.9. The number of carbonyl (C=O) groups excluding carboxylic acids is 4. The van der Waals surface area contributed by atoms with Crippen LogP contribution in [0.1, 0.15) is 86.6 Å². The summed E-state index contributed by atoms with van der Waals surface area (Å²) in [5, 5.41) is 28.0. The summed E-state index contributed by atoms with van der Waals surface area (Å²) in [7, 11) is -4.66. The van der Waals surface area contributed by atoms with E-state index in [1.165, 1.54) is 46.9 Å². The first-order valence-electron chi connectivity index (χ1n) is 26.7. The topological polar surface area (TPSA) is 310 Å². The maximum Gasteiger partial charge on any atom is 0.408 e. The summed E-state index contributed by atoms with van der Waals surface area (Å²) in [5.41, 5.74) is 5.19. The van der Waals surface area contributed by atoms with Crippen LogP contribution in [-0.4, -0.2) is 75.1 Å². The minimum atomic E-state index is -4.66. The molecule has 0 saturated carbocycles. The molecule has 0 spiro atoms. The van der Waals surface area contributed by atoms with Gasteiger partial charge in [-0.3, -0.25) is 24.4 Å². The van der Waals surface area contributed by atoms with Gasteiger partial charge in [-0.1, -0.05) is 146 Å². The predicted octanol–water partition coefficient (Wildman–Crippen LogP) is 11.8. The highest BCUT2D eigenvalue weighted by molar-refractivity contribution is 7.87. The Morgan fingerprint density at radius 2 is 0.965 bits per heavy atom. The number of hydrogen-bond donors (Lipinski definition) is 6. The van der Waals surface area contributed by atoms with Crippen molar-refractivity contribution in [1.29, 1.82) is 0 Å². The van der Waals surface area contributed by atoms with E-state index in [0.717, 1.165) is 44.1 Å². The Bertz CT molecular complexity index is 3560. The van der Waals surface area contributed by atoms with E-state index in [0.29, 0.717) is 23.5 Å². The van der Waals surface area contributed by atoms with E-state index in [1.807, 2.05) is 137 Å². The number of benzene rings is 6. The number of nitrogens with zero attached hydrogens (tertiary/aromatic N) is 3. The third-order valence-corrected chi connectivity index (χ3v) is 14.6. The zero-order valence-corrected chi connectivity index (χ0v) is 50.5. The summed E-state index contributed by atoms with van der Waals surface area (Å²) in [5.74, 6) is -0.826. The van der Waals surface area contributed by atoms with E-state index in [2.05, 4.69) is 21.3 Å². The Balaban J connectivity index is 0.000000269. The van der Waals surface area contributed by atoms with E-state index in [1.54, 1.807) is 65.8 Å². The molecule has 4 atom stereocenters. The van der Waals surface area contributed by atoms with Crippen molar-refractivity contribution in [2.75, 3.05) is 4.72 Å². The first kappa shape index (κ1) is 65.3. The molecule has 8 rings (SSSR count). The van der Waals surface area contributed by atoms with Crippen LogP contribution in [0, 0.1) is 10.1 Å². The molecule has 85 heavy (non-hydrogen) atoms. The van der Waals surface area contributed by atoms with Gasteiger partial charge in [0.25, 0.3) is 5.69 Å². The van der Waals surface area contributed by atoms with Crippen LogP contribution in [-0.2, 0) is 55.1 Å². The van der Waals surface area contributed by atoms with Gasteiger partial charge in [-0.2, -0.15) is 0 Å².